The lowest BCUT2D eigenvalue weighted by Crippen LogP contribution is -2.22. The maximum Gasteiger partial charge on any atom is 0.259 e. The van der Waals surface area contributed by atoms with E-state index in [1.807, 2.05) is 31.2 Å². The molecule has 6 N–H and O–H groups in total. The van der Waals surface area contributed by atoms with Gasteiger partial charge in [-0.2, -0.15) is 0 Å². The van der Waals surface area contributed by atoms with Crippen LogP contribution >= 0.6 is 0 Å². The molecule has 0 aliphatic rings. The molecule has 0 unspecified atom stereocenters. The van der Waals surface area contributed by atoms with Crippen molar-refractivity contribution in [3.05, 3.63) is 52.6 Å². The monoisotopic (exact) mass is 484 g/mol. The summed E-state index contributed by atoms with van der Waals surface area (Å²) in [7, 11) is 0. The number of H-pyrrole nitrogens is 1. The highest BCUT2D eigenvalue weighted by Gasteiger charge is 2.11. The van der Waals surface area contributed by atoms with E-state index in [4.69, 9.17) is 10.5 Å². The molecule has 190 valence electrons. The molecule has 0 aliphatic carbocycles. The molecule has 3 aromatic rings. The Morgan fingerprint density at radius 2 is 1.66 bits per heavy atom. The van der Waals surface area contributed by atoms with Crippen LogP contribution in [0.4, 0.5) is 10.1 Å². The van der Waals surface area contributed by atoms with Crippen LogP contribution in [0, 0.1) is 5.82 Å². The number of aromatic nitrogens is 2. The molecule has 0 spiro atoms. The first-order chi connectivity index (χ1) is 17.1. The summed E-state index contributed by atoms with van der Waals surface area (Å²) in [6, 6.07) is 10.2. The van der Waals surface area contributed by atoms with Crippen LogP contribution < -0.4 is 32.0 Å². The van der Waals surface area contributed by atoms with Gasteiger partial charge in [0.05, 0.1) is 23.2 Å². The van der Waals surface area contributed by atoms with E-state index < -0.39 is 5.82 Å². The van der Waals surface area contributed by atoms with Crippen molar-refractivity contribution >= 4 is 16.6 Å². The first-order valence-electron chi connectivity index (χ1n) is 12.4. The largest absolute Gasteiger partial charge is 0.494 e. The molecular formula is C26H37FN6O2. The van der Waals surface area contributed by atoms with E-state index in [0.717, 1.165) is 69.7 Å². The van der Waals surface area contributed by atoms with Crippen LogP contribution in [0.15, 0.2) is 41.2 Å². The summed E-state index contributed by atoms with van der Waals surface area (Å²) >= 11 is 0. The van der Waals surface area contributed by atoms with Gasteiger partial charge in [0.1, 0.15) is 17.4 Å². The van der Waals surface area contributed by atoms with Gasteiger partial charge in [-0.1, -0.05) is 0 Å². The number of hydrogen-bond acceptors (Lipinski definition) is 7. The third-order valence-electron chi connectivity index (χ3n) is 5.59. The number of nitrogens with zero attached hydrogens (tertiary/aromatic N) is 1. The van der Waals surface area contributed by atoms with Crippen LogP contribution in [-0.2, 0) is 0 Å². The predicted octanol–water partition coefficient (Wildman–Crippen LogP) is 3.24. The Balaban J connectivity index is 1.50. The molecule has 0 bridgehead atoms. The second-order valence-corrected chi connectivity index (χ2v) is 8.35. The highest BCUT2D eigenvalue weighted by atomic mass is 19.1. The van der Waals surface area contributed by atoms with Gasteiger partial charge in [-0.3, -0.25) is 4.79 Å². The molecule has 0 saturated heterocycles. The van der Waals surface area contributed by atoms with E-state index >= 15 is 0 Å². The van der Waals surface area contributed by atoms with Crippen molar-refractivity contribution in [1.82, 2.24) is 20.6 Å². The third kappa shape index (κ3) is 8.31. The lowest BCUT2D eigenvalue weighted by atomic mass is 10.1. The van der Waals surface area contributed by atoms with E-state index in [0.29, 0.717) is 30.2 Å². The zero-order valence-corrected chi connectivity index (χ0v) is 20.5. The van der Waals surface area contributed by atoms with Crippen molar-refractivity contribution in [2.75, 3.05) is 51.2 Å². The molecule has 1 aromatic heterocycles. The van der Waals surface area contributed by atoms with Gasteiger partial charge in [0.15, 0.2) is 0 Å². The van der Waals surface area contributed by atoms with E-state index in [1.54, 1.807) is 6.07 Å². The summed E-state index contributed by atoms with van der Waals surface area (Å²) in [6.07, 6.45) is 4.11. The average Bonchev–Trinajstić information content (AvgIpc) is 2.86. The molecule has 9 heteroatoms. The molecule has 0 atom stereocenters. The predicted molar refractivity (Wildman–Crippen MR) is 141 cm³/mol. The van der Waals surface area contributed by atoms with Gasteiger partial charge in [0, 0.05) is 12.1 Å². The molecule has 0 radical (unpaired) electrons. The van der Waals surface area contributed by atoms with Crippen LogP contribution in [0.5, 0.6) is 5.75 Å². The molecule has 0 fully saturated rings. The number of aromatic amines is 1. The standard InChI is InChI=1S/C26H37FN6O2/c1-2-35-20-9-7-19(8-10-20)25-32-23-18-24(22(27)17-21(23)26(34)33-25)31-16-6-15-30-13-4-3-12-29-14-5-11-28/h7-10,17-18,29-31H,2-6,11-16,28H2,1H3,(H,32,33,34). The number of nitrogens with one attached hydrogen (secondary N) is 4. The van der Waals surface area contributed by atoms with Gasteiger partial charge >= 0.3 is 0 Å². The van der Waals surface area contributed by atoms with Crippen LogP contribution in [-0.4, -0.2) is 55.8 Å². The number of halogens is 1. The minimum absolute atomic E-state index is 0.224. The van der Waals surface area contributed by atoms with Crippen molar-refractivity contribution in [3.8, 4) is 17.1 Å². The Morgan fingerprint density at radius 3 is 2.34 bits per heavy atom. The molecule has 0 aliphatic heterocycles. The molecular weight excluding hydrogens is 447 g/mol. The second kappa shape index (κ2) is 14.4. The van der Waals surface area contributed by atoms with Crippen molar-refractivity contribution in [1.29, 1.82) is 0 Å². The quantitative estimate of drug-likeness (QED) is 0.198. The second-order valence-electron chi connectivity index (χ2n) is 8.35. The highest BCUT2D eigenvalue weighted by molar-refractivity contribution is 5.83. The molecule has 2 aromatic carbocycles. The van der Waals surface area contributed by atoms with Gasteiger partial charge in [-0.05, 0) is 102 Å². The van der Waals surface area contributed by atoms with E-state index in [1.165, 1.54) is 6.07 Å². The SMILES string of the molecule is CCOc1ccc(-c2nc3cc(NCCCNCCCCNCCCN)c(F)cc3c(=O)[nH]2)cc1. The maximum absolute atomic E-state index is 14.6. The highest BCUT2D eigenvalue weighted by Crippen LogP contribution is 2.23. The first-order valence-corrected chi connectivity index (χ1v) is 12.4. The lowest BCUT2D eigenvalue weighted by molar-refractivity contribution is 0.340. The normalized spacial score (nSPS) is 11.2. The first kappa shape index (κ1) is 26.6. The fraction of sp³-hybridized carbons (Fsp3) is 0.462. The number of nitrogens with two attached hydrogens (primary N) is 1. The summed E-state index contributed by atoms with van der Waals surface area (Å²) in [6.45, 7) is 7.65. The topological polar surface area (TPSA) is 117 Å². The number of unbranched alkanes of at least 4 members (excludes halogenated alkanes) is 1. The Kier molecular flexibility index (Phi) is 10.9. The number of rotatable bonds is 16. The van der Waals surface area contributed by atoms with Gasteiger partial charge < -0.3 is 31.4 Å². The maximum atomic E-state index is 14.6. The average molecular weight is 485 g/mol. The van der Waals surface area contributed by atoms with Gasteiger partial charge in [0.25, 0.3) is 5.56 Å². The number of anilines is 1. The summed E-state index contributed by atoms with van der Waals surface area (Å²) in [5, 5.41) is 10.1. The Morgan fingerprint density at radius 1 is 0.971 bits per heavy atom. The van der Waals surface area contributed by atoms with Gasteiger partial charge in [-0.25, -0.2) is 9.37 Å². The van der Waals surface area contributed by atoms with Crippen molar-refractivity contribution < 1.29 is 9.13 Å². The zero-order chi connectivity index (χ0) is 24.9. The van der Waals surface area contributed by atoms with Crippen molar-refractivity contribution in [2.24, 2.45) is 5.73 Å². The molecule has 3 rings (SSSR count). The summed E-state index contributed by atoms with van der Waals surface area (Å²) in [4.78, 5) is 19.9. The van der Waals surface area contributed by atoms with Gasteiger partial charge in [0.2, 0.25) is 0 Å². The van der Waals surface area contributed by atoms with Gasteiger partial charge in [-0.15, -0.1) is 0 Å². The number of benzene rings is 2. The van der Waals surface area contributed by atoms with Crippen LogP contribution in [0.2, 0.25) is 0 Å². The Labute approximate surface area is 205 Å². The van der Waals surface area contributed by atoms with Crippen LogP contribution in [0.1, 0.15) is 32.6 Å². The van der Waals surface area contributed by atoms with Crippen molar-refractivity contribution in [3.63, 3.8) is 0 Å². The summed E-state index contributed by atoms with van der Waals surface area (Å²) < 4.78 is 20.0. The molecule has 35 heavy (non-hydrogen) atoms. The lowest BCUT2D eigenvalue weighted by Gasteiger charge is -2.10. The van der Waals surface area contributed by atoms with E-state index in [-0.39, 0.29) is 10.9 Å². The summed E-state index contributed by atoms with van der Waals surface area (Å²) in [5.74, 6) is 0.716. The Bertz CT molecular complexity index is 1100. The number of hydrogen-bond donors (Lipinski definition) is 5. The fourth-order valence-corrected chi connectivity index (χ4v) is 3.72. The summed E-state index contributed by atoms with van der Waals surface area (Å²) in [5.41, 5.74) is 6.64. The van der Waals surface area contributed by atoms with Crippen LogP contribution in [0.3, 0.4) is 0 Å². The Hall–Kier alpha value is -3.01. The number of ether oxygens (including phenoxy) is 1. The fourth-order valence-electron chi connectivity index (χ4n) is 3.72. The van der Waals surface area contributed by atoms with E-state index in [9.17, 15) is 9.18 Å². The minimum Gasteiger partial charge on any atom is -0.494 e. The minimum atomic E-state index is -0.464. The molecule has 0 amide bonds. The van der Waals surface area contributed by atoms with E-state index in [2.05, 4.69) is 25.9 Å². The molecule has 8 nitrogen and oxygen atoms in total. The van der Waals surface area contributed by atoms with Crippen LogP contribution in [0.25, 0.3) is 22.3 Å². The number of fused-ring (bicyclic) bond motifs is 1. The third-order valence-corrected chi connectivity index (χ3v) is 5.59. The smallest absolute Gasteiger partial charge is 0.259 e. The van der Waals surface area contributed by atoms with Crippen molar-refractivity contribution in [2.45, 2.75) is 32.6 Å². The zero-order valence-electron chi connectivity index (χ0n) is 20.5. The molecule has 0 saturated carbocycles. The molecule has 1 heterocycles.